The van der Waals surface area contributed by atoms with Crippen molar-refractivity contribution in [3.8, 4) is 0 Å². The standard InChI is InChI=1S/C18H21N5O2/c1-12-19-16(11-17(20-12)23-8-3-4-9-23)18(25)22-15-7-5-6-14(10-15)21-13(2)24/h5-7,10-11H,3-4,8-9H2,1-2H3,(H,21,24)(H,22,25). The van der Waals surface area contributed by atoms with Crippen LogP contribution >= 0.6 is 0 Å². The fourth-order valence-corrected chi connectivity index (χ4v) is 2.85. The zero-order valence-corrected chi connectivity index (χ0v) is 14.4. The average molecular weight is 339 g/mol. The number of benzene rings is 1. The highest BCUT2D eigenvalue weighted by molar-refractivity contribution is 6.03. The zero-order chi connectivity index (χ0) is 17.8. The van der Waals surface area contributed by atoms with Gasteiger partial charge in [-0.1, -0.05) is 6.07 Å². The molecular weight excluding hydrogens is 318 g/mol. The first-order valence-corrected chi connectivity index (χ1v) is 8.31. The Hall–Kier alpha value is -2.96. The topological polar surface area (TPSA) is 87.2 Å². The van der Waals surface area contributed by atoms with Crippen molar-refractivity contribution >= 4 is 29.0 Å². The molecule has 2 heterocycles. The molecule has 0 bridgehead atoms. The third-order valence-electron chi connectivity index (χ3n) is 3.93. The van der Waals surface area contributed by atoms with Crippen LogP contribution in [0.3, 0.4) is 0 Å². The summed E-state index contributed by atoms with van der Waals surface area (Å²) in [5, 5.41) is 5.51. The van der Waals surface area contributed by atoms with Crippen LogP contribution in [-0.4, -0.2) is 34.9 Å². The van der Waals surface area contributed by atoms with Gasteiger partial charge in [0.2, 0.25) is 5.91 Å². The van der Waals surface area contributed by atoms with Crippen molar-refractivity contribution in [1.82, 2.24) is 9.97 Å². The number of hydrogen-bond acceptors (Lipinski definition) is 5. The largest absolute Gasteiger partial charge is 0.356 e. The highest BCUT2D eigenvalue weighted by Crippen LogP contribution is 2.20. The van der Waals surface area contributed by atoms with Crippen LogP contribution in [0.25, 0.3) is 0 Å². The fraction of sp³-hybridized carbons (Fsp3) is 0.333. The van der Waals surface area contributed by atoms with Crippen molar-refractivity contribution < 1.29 is 9.59 Å². The zero-order valence-electron chi connectivity index (χ0n) is 14.4. The maximum Gasteiger partial charge on any atom is 0.274 e. The SMILES string of the molecule is CC(=O)Nc1cccc(NC(=O)c2cc(N3CCCC3)nc(C)n2)c1. The second-order valence-corrected chi connectivity index (χ2v) is 6.07. The normalized spacial score (nSPS) is 13.6. The molecule has 1 aliphatic rings. The van der Waals surface area contributed by atoms with Gasteiger partial charge in [0.25, 0.3) is 5.91 Å². The number of carbonyl (C=O) groups is 2. The van der Waals surface area contributed by atoms with Gasteiger partial charge in [0, 0.05) is 37.5 Å². The van der Waals surface area contributed by atoms with Crippen molar-refractivity contribution in [1.29, 1.82) is 0 Å². The molecule has 2 aromatic rings. The van der Waals surface area contributed by atoms with E-state index in [-0.39, 0.29) is 11.8 Å². The molecule has 1 aromatic carbocycles. The lowest BCUT2D eigenvalue weighted by Gasteiger charge is -2.17. The molecule has 7 nitrogen and oxygen atoms in total. The molecule has 3 rings (SSSR count). The average Bonchev–Trinajstić information content (AvgIpc) is 3.08. The van der Waals surface area contributed by atoms with Crippen molar-refractivity contribution in [2.75, 3.05) is 28.6 Å². The Morgan fingerprint density at radius 1 is 1.04 bits per heavy atom. The quantitative estimate of drug-likeness (QED) is 0.894. The summed E-state index contributed by atoms with van der Waals surface area (Å²) in [4.78, 5) is 34.6. The molecular formula is C18H21N5O2. The first kappa shape index (κ1) is 16.9. The van der Waals surface area contributed by atoms with E-state index < -0.39 is 0 Å². The van der Waals surface area contributed by atoms with Crippen molar-refractivity contribution in [3.63, 3.8) is 0 Å². The number of hydrogen-bond donors (Lipinski definition) is 2. The Balaban J connectivity index is 1.78. The molecule has 0 unspecified atom stereocenters. The van der Waals surface area contributed by atoms with Crippen LogP contribution in [0.5, 0.6) is 0 Å². The van der Waals surface area contributed by atoms with Crippen molar-refractivity contribution in [2.24, 2.45) is 0 Å². The summed E-state index contributed by atoms with van der Waals surface area (Å²) < 4.78 is 0. The number of nitrogens with one attached hydrogen (secondary N) is 2. The van der Waals surface area contributed by atoms with E-state index in [9.17, 15) is 9.59 Å². The van der Waals surface area contributed by atoms with Gasteiger partial charge in [0.05, 0.1) is 0 Å². The molecule has 0 saturated carbocycles. The summed E-state index contributed by atoms with van der Waals surface area (Å²) in [7, 11) is 0. The summed E-state index contributed by atoms with van der Waals surface area (Å²) in [5.74, 6) is 0.903. The van der Waals surface area contributed by atoms with E-state index in [1.165, 1.54) is 6.92 Å². The molecule has 25 heavy (non-hydrogen) atoms. The third kappa shape index (κ3) is 4.32. The van der Waals surface area contributed by atoms with E-state index in [0.717, 1.165) is 31.7 Å². The predicted molar refractivity (Wildman–Crippen MR) is 96.9 cm³/mol. The van der Waals surface area contributed by atoms with Crippen LogP contribution < -0.4 is 15.5 Å². The molecule has 0 spiro atoms. The van der Waals surface area contributed by atoms with Gasteiger partial charge in [-0.3, -0.25) is 9.59 Å². The molecule has 0 radical (unpaired) electrons. The number of anilines is 3. The van der Waals surface area contributed by atoms with Crippen LogP contribution in [0.1, 0.15) is 36.1 Å². The van der Waals surface area contributed by atoms with Crippen LogP contribution in [0.15, 0.2) is 30.3 Å². The van der Waals surface area contributed by atoms with Gasteiger partial charge in [-0.2, -0.15) is 0 Å². The van der Waals surface area contributed by atoms with Gasteiger partial charge in [-0.25, -0.2) is 9.97 Å². The van der Waals surface area contributed by atoms with Gasteiger partial charge < -0.3 is 15.5 Å². The maximum atomic E-state index is 12.6. The Bertz CT molecular complexity index is 800. The monoisotopic (exact) mass is 339 g/mol. The van der Waals surface area contributed by atoms with E-state index in [1.807, 2.05) is 0 Å². The molecule has 0 atom stereocenters. The van der Waals surface area contributed by atoms with Crippen molar-refractivity contribution in [3.05, 3.63) is 41.9 Å². The molecule has 7 heteroatoms. The molecule has 1 fully saturated rings. The Labute approximate surface area is 146 Å². The van der Waals surface area contributed by atoms with Crippen LogP contribution in [0.2, 0.25) is 0 Å². The summed E-state index contributed by atoms with van der Waals surface area (Å²) in [6.45, 7) is 5.13. The van der Waals surface area contributed by atoms with E-state index in [4.69, 9.17) is 0 Å². The lowest BCUT2D eigenvalue weighted by atomic mass is 10.2. The molecule has 2 N–H and O–H groups in total. The second kappa shape index (κ2) is 7.29. The van der Waals surface area contributed by atoms with Gasteiger partial charge in [-0.05, 0) is 38.0 Å². The van der Waals surface area contributed by atoms with Gasteiger partial charge in [-0.15, -0.1) is 0 Å². The summed E-state index contributed by atoms with van der Waals surface area (Å²) in [6.07, 6.45) is 2.28. The Kier molecular flexibility index (Phi) is 4.92. The number of rotatable bonds is 4. The number of aryl methyl sites for hydroxylation is 1. The minimum atomic E-state index is -0.300. The number of nitrogens with zero attached hydrogens (tertiary/aromatic N) is 3. The highest BCUT2D eigenvalue weighted by atomic mass is 16.2. The third-order valence-corrected chi connectivity index (χ3v) is 3.93. The summed E-state index contributed by atoms with van der Waals surface area (Å²) in [6, 6.07) is 8.72. The molecule has 1 aromatic heterocycles. The minimum absolute atomic E-state index is 0.162. The lowest BCUT2D eigenvalue weighted by molar-refractivity contribution is -0.114. The van der Waals surface area contributed by atoms with Gasteiger partial charge in [0.1, 0.15) is 17.3 Å². The molecule has 130 valence electrons. The van der Waals surface area contributed by atoms with E-state index in [1.54, 1.807) is 37.3 Å². The first-order chi connectivity index (χ1) is 12.0. The Morgan fingerprint density at radius 2 is 1.72 bits per heavy atom. The number of amides is 2. The van der Waals surface area contributed by atoms with Gasteiger partial charge in [0.15, 0.2) is 0 Å². The summed E-state index contributed by atoms with van der Waals surface area (Å²) in [5.41, 5.74) is 1.55. The van der Waals surface area contributed by atoms with Crippen molar-refractivity contribution in [2.45, 2.75) is 26.7 Å². The lowest BCUT2D eigenvalue weighted by Crippen LogP contribution is -2.22. The summed E-state index contributed by atoms with van der Waals surface area (Å²) >= 11 is 0. The number of aromatic nitrogens is 2. The molecule has 0 aliphatic carbocycles. The van der Waals surface area contributed by atoms with E-state index >= 15 is 0 Å². The minimum Gasteiger partial charge on any atom is -0.356 e. The molecule has 1 saturated heterocycles. The van der Waals surface area contributed by atoms with Crippen LogP contribution in [0.4, 0.5) is 17.2 Å². The fourth-order valence-electron chi connectivity index (χ4n) is 2.85. The maximum absolute atomic E-state index is 12.6. The Morgan fingerprint density at radius 3 is 2.40 bits per heavy atom. The molecule has 2 amide bonds. The van der Waals surface area contributed by atoms with Crippen LogP contribution in [0, 0.1) is 6.92 Å². The predicted octanol–water partition coefficient (Wildman–Crippen LogP) is 2.60. The number of carbonyl (C=O) groups excluding carboxylic acids is 2. The van der Waals surface area contributed by atoms with E-state index in [2.05, 4.69) is 25.5 Å². The van der Waals surface area contributed by atoms with Crippen LogP contribution in [-0.2, 0) is 4.79 Å². The smallest absolute Gasteiger partial charge is 0.274 e. The molecule has 1 aliphatic heterocycles. The second-order valence-electron chi connectivity index (χ2n) is 6.07. The van der Waals surface area contributed by atoms with Gasteiger partial charge >= 0.3 is 0 Å². The van der Waals surface area contributed by atoms with E-state index in [0.29, 0.717) is 22.9 Å². The highest BCUT2D eigenvalue weighted by Gasteiger charge is 2.17. The first-order valence-electron chi connectivity index (χ1n) is 8.31.